The van der Waals surface area contributed by atoms with Crippen molar-refractivity contribution in [2.45, 2.75) is 17.9 Å². The van der Waals surface area contributed by atoms with E-state index in [9.17, 15) is 0 Å². The largest absolute Gasteiger partial charge is 0.497 e. The molecular weight excluding hydrogens is 428 g/mol. The molecule has 0 saturated carbocycles. The topological polar surface area (TPSA) is 92.2 Å². The van der Waals surface area contributed by atoms with Crippen LogP contribution >= 0.6 is 11.9 Å². The monoisotopic (exact) mass is 461 g/mol. The van der Waals surface area contributed by atoms with Gasteiger partial charge in [-0.2, -0.15) is 5.10 Å². The Hall–Kier alpha value is -2.56. The molecule has 0 spiro atoms. The lowest BCUT2D eigenvalue weighted by molar-refractivity contribution is -0.679. The smallest absolute Gasteiger partial charge is 0.127 e. The first-order chi connectivity index (χ1) is 15.7. The van der Waals surface area contributed by atoms with E-state index in [1.807, 2.05) is 41.6 Å². The van der Waals surface area contributed by atoms with Crippen molar-refractivity contribution < 1.29 is 24.9 Å². The second-order valence-electron chi connectivity index (χ2n) is 6.71. The molecule has 2 aromatic carbocycles. The molecule has 1 aliphatic heterocycles. The fraction of sp³-hybridized carbons (Fsp3) is 0.348. The summed E-state index contributed by atoms with van der Waals surface area (Å²) < 4.78 is 19.3. The standard InChI is InChI=1S/C22H27N3O3S.CH6NO/c1-26-13-11-17-10-12-25(23-15-17)20-6-4-5-7-22(20)29-24-16-18-8-9-19(27-2)14-21(18)28-3;1-3-2/h4-10,14-15,24H,11-13,16H2,1-3H3;1-2H3/q;+1. The molecule has 0 saturated heterocycles. The number of methoxy groups -OCH3 is 3. The van der Waals surface area contributed by atoms with Gasteiger partial charge < -0.3 is 14.2 Å². The molecule has 0 fully saturated rings. The van der Waals surface area contributed by atoms with E-state index < -0.39 is 0 Å². The van der Waals surface area contributed by atoms with Gasteiger partial charge in [0.2, 0.25) is 0 Å². The highest BCUT2D eigenvalue weighted by atomic mass is 32.2. The quantitative estimate of drug-likeness (QED) is 0.415. The van der Waals surface area contributed by atoms with E-state index >= 15 is 0 Å². The second-order valence-corrected chi connectivity index (χ2v) is 7.64. The first-order valence-corrected chi connectivity index (χ1v) is 11.0. The Morgan fingerprint density at radius 1 is 1.09 bits per heavy atom. The normalized spacial score (nSPS) is 12.7. The Morgan fingerprint density at radius 2 is 1.88 bits per heavy atom. The van der Waals surface area contributed by atoms with Crippen LogP contribution in [0.1, 0.15) is 12.0 Å². The molecule has 8 nitrogen and oxygen atoms in total. The van der Waals surface area contributed by atoms with Crippen LogP contribution in [0, 0.1) is 0 Å². The van der Waals surface area contributed by atoms with E-state index in [2.05, 4.69) is 38.8 Å². The van der Waals surface area contributed by atoms with E-state index in [0.29, 0.717) is 13.2 Å². The van der Waals surface area contributed by atoms with Gasteiger partial charge in [0.05, 0.1) is 46.4 Å². The van der Waals surface area contributed by atoms with Gasteiger partial charge >= 0.3 is 0 Å². The van der Waals surface area contributed by atoms with Gasteiger partial charge in [0.15, 0.2) is 0 Å². The lowest BCUT2D eigenvalue weighted by atomic mass is 10.2. The van der Waals surface area contributed by atoms with Gasteiger partial charge in [-0.3, -0.25) is 9.73 Å². The number of quaternary nitrogens is 1. The Bertz CT molecular complexity index is 892. The summed E-state index contributed by atoms with van der Waals surface area (Å²) in [6.45, 7) is 2.12. The van der Waals surface area contributed by atoms with Crippen LogP contribution in [-0.4, -0.2) is 47.8 Å². The molecule has 0 amide bonds. The van der Waals surface area contributed by atoms with Crippen LogP contribution in [0.4, 0.5) is 5.69 Å². The number of hydrazone groups is 1. The van der Waals surface area contributed by atoms with Crippen LogP contribution in [0.3, 0.4) is 0 Å². The molecule has 174 valence electrons. The molecule has 0 radical (unpaired) electrons. The highest BCUT2D eigenvalue weighted by molar-refractivity contribution is 7.97. The third-order valence-corrected chi connectivity index (χ3v) is 5.42. The predicted molar refractivity (Wildman–Crippen MR) is 129 cm³/mol. The maximum Gasteiger partial charge on any atom is 0.127 e. The van der Waals surface area contributed by atoms with Gasteiger partial charge in [-0.25, -0.2) is 10.7 Å². The summed E-state index contributed by atoms with van der Waals surface area (Å²) in [6.07, 6.45) is 5.00. The molecule has 4 N–H and O–H groups in total. The lowest BCUT2D eigenvalue weighted by Crippen LogP contribution is -2.46. The third-order valence-electron chi connectivity index (χ3n) is 4.57. The number of ether oxygens (including phenoxy) is 3. The van der Waals surface area contributed by atoms with Crippen molar-refractivity contribution in [1.82, 2.24) is 4.72 Å². The molecular formula is C23H33N4O4S+. The molecule has 0 aromatic heterocycles. The van der Waals surface area contributed by atoms with Gasteiger partial charge in [-0.05, 0) is 42.1 Å². The van der Waals surface area contributed by atoms with E-state index in [4.69, 9.17) is 14.2 Å². The number of nitrogens with one attached hydrogen (secondary N) is 1. The maximum atomic E-state index is 5.48. The summed E-state index contributed by atoms with van der Waals surface area (Å²) in [5, 5.41) is 6.63. The number of para-hydroxylation sites is 1. The summed E-state index contributed by atoms with van der Waals surface area (Å²) in [4.78, 5) is 5.12. The number of anilines is 1. The molecule has 32 heavy (non-hydrogen) atoms. The zero-order chi connectivity index (χ0) is 23.2. The van der Waals surface area contributed by atoms with Crippen molar-refractivity contribution in [3.8, 4) is 11.5 Å². The molecule has 0 atom stereocenters. The summed E-state index contributed by atoms with van der Waals surface area (Å²) in [5.74, 6) is 4.57. The van der Waals surface area contributed by atoms with Crippen LogP contribution in [0.5, 0.6) is 11.5 Å². The summed E-state index contributed by atoms with van der Waals surface area (Å²) >= 11 is 1.59. The van der Waals surface area contributed by atoms with Gasteiger partial charge in [0, 0.05) is 30.2 Å². The summed E-state index contributed by atoms with van der Waals surface area (Å²) in [6, 6.07) is 14.1. The first kappa shape index (κ1) is 25.7. The number of benzene rings is 2. The van der Waals surface area contributed by atoms with Gasteiger partial charge in [0.1, 0.15) is 11.5 Å². The average molecular weight is 462 g/mol. The van der Waals surface area contributed by atoms with Crippen LogP contribution in [0.2, 0.25) is 0 Å². The van der Waals surface area contributed by atoms with Crippen LogP contribution in [0.25, 0.3) is 0 Å². The molecule has 0 bridgehead atoms. The number of nitrogens with zero attached hydrogens (tertiary/aromatic N) is 2. The number of hydrogen-bond donors (Lipinski definition) is 2. The van der Waals surface area contributed by atoms with Crippen molar-refractivity contribution in [2.24, 2.45) is 5.10 Å². The predicted octanol–water partition coefficient (Wildman–Crippen LogP) is 3.06. The van der Waals surface area contributed by atoms with Crippen molar-refractivity contribution in [3.63, 3.8) is 0 Å². The van der Waals surface area contributed by atoms with Crippen LogP contribution in [0.15, 0.2) is 64.1 Å². The molecule has 0 unspecified atom stereocenters. The lowest BCUT2D eigenvalue weighted by Gasteiger charge is -2.23. The first-order valence-electron chi connectivity index (χ1n) is 10.1. The zero-order valence-corrected chi connectivity index (χ0v) is 20.0. The van der Waals surface area contributed by atoms with Gasteiger partial charge in [-0.15, -0.1) is 0 Å². The van der Waals surface area contributed by atoms with Gasteiger partial charge in [0.25, 0.3) is 0 Å². The zero-order valence-electron chi connectivity index (χ0n) is 19.2. The molecule has 1 heterocycles. The number of rotatable bonds is 10. The van der Waals surface area contributed by atoms with Gasteiger partial charge in [-0.1, -0.05) is 24.3 Å². The highest BCUT2D eigenvalue weighted by Gasteiger charge is 2.13. The summed E-state index contributed by atoms with van der Waals surface area (Å²) in [7, 11) is 6.55. The summed E-state index contributed by atoms with van der Waals surface area (Å²) in [5.41, 5.74) is 3.35. The van der Waals surface area contributed by atoms with Crippen molar-refractivity contribution >= 4 is 23.8 Å². The van der Waals surface area contributed by atoms with Crippen LogP contribution in [-0.2, 0) is 16.1 Å². The number of hydrogen-bond acceptors (Lipinski definition) is 8. The Labute approximate surface area is 194 Å². The fourth-order valence-electron chi connectivity index (χ4n) is 2.94. The van der Waals surface area contributed by atoms with E-state index in [-0.39, 0.29) is 0 Å². The van der Waals surface area contributed by atoms with Crippen molar-refractivity contribution in [1.29, 1.82) is 0 Å². The molecule has 2 aromatic rings. The molecule has 0 aliphatic carbocycles. The molecule has 3 rings (SSSR count). The second kappa shape index (κ2) is 14.5. The van der Waals surface area contributed by atoms with E-state index in [1.54, 1.807) is 33.3 Å². The Balaban J connectivity index is 0.00000114. The average Bonchev–Trinajstić information content (AvgIpc) is 2.84. The highest BCUT2D eigenvalue weighted by Crippen LogP contribution is 2.31. The minimum absolute atomic E-state index is 0.663. The van der Waals surface area contributed by atoms with Crippen LogP contribution < -0.4 is 25.1 Å². The van der Waals surface area contributed by atoms with E-state index in [1.165, 1.54) is 12.7 Å². The molecule has 1 aliphatic rings. The maximum absolute atomic E-state index is 5.48. The van der Waals surface area contributed by atoms with Crippen molar-refractivity contribution in [3.05, 3.63) is 59.7 Å². The molecule has 9 heteroatoms. The SMILES string of the molecule is COCCC1=CCN(c2ccccc2SNCc2ccc(OC)cc2OC)N=C1.CO[NH3+]. The fourth-order valence-corrected chi connectivity index (χ4v) is 3.75. The van der Waals surface area contributed by atoms with Crippen molar-refractivity contribution in [2.75, 3.05) is 46.6 Å². The Kier molecular flexibility index (Phi) is 11.6. The van der Waals surface area contributed by atoms with E-state index in [0.717, 1.165) is 40.6 Å². The Morgan fingerprint density at radius 3 is 2.53 bits per heavy atom. The minimum Gasteiger partial charge on any atom is -0.497 e. The third kappa shape index (κ3) is 7.85. The minimum atomic E-state index is 0.663.